The van der Waals surface area contributed by atoms with Crippen LogP contribution in [0.25, 0.3) is 0 Å². The lowest BCUT2D eigenvalue weighted by Crippen LogP contribution is -1.95. The lowest BCUT2D eigenvalue weighted by atomic mass is 10.1. The molecule has 18 heavy (non-hydrogen) atoms. The maximum atomic E-state index is 6.36. The molecule has 0 aliphatic carbocycles. The quantitative estimate of drug-likeness (QED) is 0.241. The second-order valence-corrected chi connectivity index (χ2v) is 8.14. The second kappa shape index (κ2) is 8.93. The molecule has 0 aromatic heterocycles. The molecule has 1 rings (SSSR count). The molecule has 0 heterocycles. The fourth-order valence-electron chi connectivity index (χ4n) is 1.29. The lowest BCUT2D eigenvalue weighted by Gasteiger charge is -2.15. The highest BCUT2D eigenvalue weighted by Crippen LogP contribution is 2.43. The molecule has 0 amide bonds. The van der Waals surface area contributed by atoms with Crippen LogP contribution in [0, 0.1) is 0 Å². The molecule has 0 fully saturated rings. The minimum absolute atomic E-state index is 0.368. The highest BCUT2D eigenvalue weighted by molar-refractivity contribution is 8.09. The van der Waals surface area contributed by atoms with Gasteiger partial charge in [-0.1, -0.05) is 46.4 Å². The first-order chi connectivity index (χ1) is 8.54. The molecule has 102 valence electrons. The van der Waals surface area contributed by atoms with E-state index in [-0.39, 0.29) is 0 Å². The maximum Gasteiger partial charge on any atom is 0.0785 e. The van der Waals surface area contributed by atoms with Crippen molar-refractivity contribution in [2.45, 2.75) is 11.5 Å². The van der Waals surface area contributed by atoms with E-state index in [4.69, 9.17) is 46.4 Å². The van der Waals surface area contributed by atoms with Crippen molar-refractivity contribution in [2.75, 3.05) is 10.2 Å². The van der Waals surface area contributed by atoms with E-state index in [1.54, 1.807) is 23.5 Å². The molecule has 0 saturated carbocycles. The zero-order chi connectivity index (χ0) is 13.7. The predicted octanol–water partition coefficient (Wildman–Crippen LogP) is 6.54. The van der Waals surface area contributed by atoms with Crippen LogP contribution in [-0.2, 0) is 11.5 Å². The van der Waals surface area contributed by atoms with Gasteiger partial charge in [-0.05, 0) is 0 Å². The van der Waals surface area contributed by atoms with Gasteiger partial charge in [0.15, 0.2) is 0 Å². The van der Waals surface area contributed by atoms with Gasteiger partial charge in [-0.3, -0.25) is 0 Å². The van der Waals surface area contributed by atoms with Crippen LogP contribution in [0.4, 0.5) is 0 Å². The molecule has 0 spiro atoms. The monoisotopic (exact) mass is 398 g/mol. The molecule has 1 aromatic carbocycles. The van der Waals surface area contributed by atoms with E-state index in [1.807, 2.05) is 0 Å². The van der Waals surface area contributed by atoms with Crippen LogP contribution in [-0.4, -0.2) is 10.2 Å². The first kappa shape index (κ1) is 17.8. The Morgan fingerprint density at radius 2 is 1.06 bits per heavy atom. The average molecular weight is 400 g/mol. The third-order valence-corrected chi connectivity index (χ3v) is 6.43. The molecule has 0 unspecified atom stereocenters. The number of benzene rings is 1. The minimum Gasteiger partial charge on any atom is -0.168 e. The Kier molecular flexibility index (Phi) is 8.85. The van der Waals surface area contributed by atoms with E-state index < -0.39 is 0 Å². The Labute approximate surface area is 147 Å². The SMILES string of the molecule is SCSCc1c(Cl)c(Cl)c(Cl)c(CSCS)c1Cl. The van der Waals surface area contributed by atoms with Crippen molar-refractivity contribution in [2.24, 2.45) is 0 Å². The highest BCUT2D eigenvalue weighted by Gasteiger charge is 2.19. The van der Waals surface area contributed by atoms with E-state index in [1.165, 1.54) is 0 Å². The smallest absolute Gasteiger partial charge is 0.0785 e. The van der Waals surface area contributed by atoms with Gasteiger partial charge in [-0.15, -0.1) is 23.5 Å². The normalized spacial score (nSPS) is 11.0. The van der Waals surface area contributed by atoms with Crippen molar-refractivity contribution in [3.8, 4) is 0 Å². The Hall–Kier alpha value is 1.78. The minimum atomic E-state index is 0.368. The van der Waals surface area contributed by atoms with Gasteiger partial charge in [-0.25, -0.2) is 0 Å². The summed E-state index contributed by atoms with van der Waals surface area (Å²) in [6, 6.07) is 0. The summed E-state index contributed by atoms with van der Waals surface area (Å²) in [7, 11) is 0. The molecule has 1 aromatic rings. The molecule has 0 bridgehead atoms. The van der Waals surface area contributed by atoms with Crippen molar-refractivity contribution in [1.82, 2.24) is 0 Å². The van der Waals surface area contributed by atoms with Gasteiger partial charge in [0, 0.05) is 32.8 Å². The van der Waals surface area contributed by atoms with E-state index in [9.17, 15) is 0 Å². The fourth-order valence-corrected chi connectivity index (χ4v) is 4.53. The number of hydrogen-bond donors (Lipinski definition) is 2. The van der Waals surface area contributed by atoms with Gasteiger partial charge in [-0.2, -0.15) is 25.3 Å². The summed E-state index contributed by atoms with van der Waals surface area (Å²) in [4.78, 5) is 0. The molecule has 0 nitrogen and oxygen atoms in total. The molecular formula is C10H10Cl4S4. The van der Waals surface area contributed by atoms with Gasteiger partial charge in [0.1, 0.15) is 0 Å². The summed E-state index contributed by atoms with van der Waals surface area (Å²) in [5.41, 5.74) is 1.64. The number of halogens is 4. The summed E-state index contributed by atoms with van der Waals surface area (Å²) in [5, 5.41) is 3.20. The summed E-state index contributed by atoms with van der Waals surface area (Å²) in [6.45, 7) is 0. The first-order valence-electron chi connectivity index (χ1n) is 4.75. The zero-order valence-corrected chi connectivity index (χ0v) is 15.5. The summed E-state index contributed by atoms with van der Waals surface area (Å²) >= 11 is 36.4. The molecule has 0 N–H and O–H groups in total. The van der Waals surface area contributed by atoms with E-state index >= 15 is 0 Å². The fraction of sp³-hybridized carbons (Fsp3) is 0.400. The standard InChI is InChI=1S/C10H10Cl4S4/c11-7-5(1-17-3-15)8(12)10(14)9(13)6(7)2-18-4-16/h15-16H,1-4H2. The van der Waals surface area contributed by atoms with Crippen LogP contribution in [0.5, 0.6) is 0 Å². The topological polar surface area (TPSA) is 0 Å². The van der Waals surface area contributed by atoms with Crippen LogP contribution in [0.1, 0.15) is 11.1 Å². The summed E-state index contributed by atoms with van der Waals surface area (Å²) in [6.07, 6.45) is 0. The van der Waals surface area contributed by atoms with Crippen LogP contribution in [0.3, 0.4) is 0 Å². The number of thioether (sulfide) groups is 2. The van der Waals surface area contributed by atoms with Crippen LogP contribution in [0.15, 0.2) is 0 Å². The van der Waals surface area contributed by atoms with Crippen molar-refractivity contribution in [3.05, 3.63) is 31.2 Å². The van der Waals surface area contributed by atoms with Gasteiger partial charge < -0.3 is 0 Å². The Bertz CT molecular complexity index is 390. The van der Waals surface area contributed by atoms with E-state index in [2.05, 4.69) is 25.3 Å². The zero-order valence-electron chi connectivity index (χ0n) is 9.05. The highest BCUT2D eigenvalue weighted by atomic mass is 35.5. The maximum absolute atomic E-state index is 6.36. The Balaban J connectivity index is 3.21. The molecule has 0 atom stereocenters. The number of hydrogen-bond acceptors (Lipinski definition) is 4. The third-order valence-electron chi connectivity index (χ3n) is 2.12. The number of thiol groups is 2. The lowest BCUT2D eigenvalue weighted by molar-refractivity contribution is 1.33. The Morgan fingerprint density at radius 3 is 1.39 bits per heavy atom. The van der Waals surface area contributed by atoms with Gasteiger partial charge in [0.25, 0.3) is 0 Å². The van der Waals surface area contributed by atoms with E-state index in [0.29, 0.717) is 41.8 Å². The van der Waals surface area contributed by atoms with E-state index in [0.717, 1.165) is 11.1 Å². The molecule has 0 aliphatic rings. The second-order valence-electron chi connectivity index (χ2n) is 3.17. The molecule has 8 heteroatoms. The largest absolute Gasteiger partial charge is 0.168 e. The van der Waals surface area contributed by atoms with Gasteiger partial charge >= 0.3 is 0 Å². The molecule has 0 radical (unpaired) electrons. The molecule has 0 aliphatic heterocycles. The van der Waals surface area contributed by atoms with Crippen LogP contribution >= 0.6 is 95.2 Å². The molecule has 0 saturated heterocycles. The van der Waals surface area contributed by atoms with Crippen molar-refractivity contribution >= 4 is 95.2 Å². The van der Waals surface area contributed by atoms with Crippen LogP contribution < -0.4 is 0 Å². The summed E-state index contributed by atoms with van der Waals surface area (Å²) in [5.74, 6) is 1.33. The first-order valence-corrected chi connectivity index (χ1v) is 9.84. The predicted molar refractivity (Wildman–Crippen MR) is 96.8 cm³/mol. The van der Waals surface area contributed by atoms with Crippen molar-refractivity contribution in [1.29, 1.82) is 0 Å². The molecular weight excluding hydrogens is 390 g/mol. The van der Waals surface area contributed by atoms with Crippen LogP contribution in [0.2, 0.25) is 20.1 Å². The third kappa shape index (κ3) is 4.39. The average Bonchev–Trinajstić information content (AvgIpc) is 2.36. The summed E-state index contributed by atoms with van der Waals surface area (Å²) < 4.78 is 0. The van der Waals surface area contributed by atoms with Gasteiger partial charge in [0.05, 0.1) is 20.1 Å². The van der Waals surface area contributed by atoms with Crippen molar-refractivity contribution in [3.63, 3.8) is 0 Å². The Morgan fingerprint density at radius 1 is 0.667 bits per heavy atom. The number of rotatable bonds is 6. The van der Waals surface area contributed by atoms with Gasteiger partial charge in [0.2, 0.25) is 0 Å². The van der Waals surface area contributed by atoms with Crippen molar-refractivity contribution < 1.29 is 0 Å².